The average Bonchev–Trinajstić information content (AvgIpc) is 3.16. The minimum Gasteiger partial charge on any atom is -0.385 e. The van der Waals surface area contributed by atoms with Gasteiger partial charge in [-0.05, 0) is 40.0 Å². The van der Waals surface area contributed by atoms with Gasteiger partial charge >= 0.3 is 5.69 Å². The topological polar surface area (TPSA) is 110 Å². The standard InChI is InChI=1S/C20H21BrN4O4S/c1-29-11-5-10-24(19(27)14-8-9-15(21)30-14)16-17(22)25(20(28)23-18(16)26)12-13-6-3-2-4-7-13/h2-4,6-9H,5,10-12,22H2,1H3,(H,23,26,28). The van der Waals surface area contributed by atoms with Crippen LogP contribution in [0.2, 0.25) is 0 Å². The van der Waals surface area contributed by atoms with E-state index in [1.54, 1.807) is 19.2 Å². The average molecular weight is 493 g/mol. The molecule has 30 heavy (non-hydrogen) atoms. The van der Waals surface area contributed by atoms with Gasteiger partial charge in [0.05, 0.1) is 15.2 Å². The van der Waals surface area contributed by atoms with Crippen LogP contribution in [0.4, 0.5) is 11.5 Å². The molecule has 0 saturated carbocycles. The molecular formula is C20H21BrN4O4S. The largest absolute Gasteiger partial charge is 0.385 e. The number of hydrogen-bond acceptors (Lipinski definition) is 6. The van der Waals surface area contributed by atoms with Crippen LogP contribution >= 0.6 is 27.3 Å². The predicted octanol–water partition coefficient (Wildman–Crippen LogP) is 2.67. The molecule has 3 aromatic rings. The van der Waals surface area contributed by atoms with Crippen LogP contribution in [-0.2, 0) is 11.3 Å². The molecule has 0 atom stereocenters. The fourth-order valence-electron chi connectivity index (χ4n) is 3.01. The van der Waals surface area contributed by atoms with Crippen LogP contribution in [-0.4, -0.2) is 35.7 Å². The normalized spacial score (nSPS) is 10.9. The zero-order chi connectivity index (χ0) is 21.7. The lowest BCUT2D eigenvalue weighted by atomic mass is 10.2. The number of carbonyl (C=O) groups excluding carboxylic acids is 1. The highest BCUT2D eigenvalue weighted by Crippen LogP contribution is 2.26. The second kappa shape index (κ2) is 9.88. The number of hydrogen-bond donors (Lipinski definition) is 2. The van der Waals surface area contributed by atoms with Gasteiger partial charge in [0.1, 0.15) is 5.82 Å². The number of carbonyl (C=O) groups is 1. The minimum absolute atomic E-state index is 0.0452. The molecule has 0 bridgehead atoms. The lowest BCUT2D eigenvalue weighted by Gasteiger charge is -2.24. The summed E-state index contributed by atoms with van der Waals surface area (Å²) in [4.78, 5) is 42.4. The Bertz CT molecular complexity index is 1140. The van der Waals surface area contributed by atoms with Gasteiger partial charge in [-0.1, -0.05) is 30.3 Å². The molecule has 10 heteroatoms. The SMILES string of the molecule is COCCCN(C(=O)c1ccc(Br)s1)c1c(N)n(Cc2ccccc2)c(=O)[nH]c1=O. The first-order valence-electron chi connectivity index (χ1n) is 9.15. The van der Waals surface area contributed by atoms with Gasteiger partial charge in [-0.3, -0.25) is 24.0 Å². The molecule has 0 radical (unpaired) electrons. The monoisotopic (exact) mass is 492 g/mol. The number of anilines is 2. The van der Waals surface area contributed by atoms with Crippen molar-refractivity contribution in [1.29, 1.82) is 0 Å². The number of aromatic amines is 1. The highest BCUT2D eigenvalue weighted by atomic mass is 79.9. The van der Waals surface area contributed by atoms with Gasteiger partial charge in [-0.15, -0.1) is 11.3 Å². The number of thiophene rings is 1. The van der Waals surface area contributed by atoms with E-state index in [1.807, 2.05) is 30.3 Å². The number of H-pyrrole nitrogens is 1. The second-order valence-electron chi connectivity index (χ2n) is 6.47. The van der Waals surface area contributed by atoms with E-state index in [1.165, 1.54) is 20.8 Å². The summed E-state index contributed by atoms with van der Waals surface area (Å²) in [5, 5.41) is 0. The zero-order valence-electron chi connectivity index (χ0n) is 16.3. The van der Waals surface area contributed by atoms with Gasteiger partial charge in [0.15, 0.2) is 5.69 Å². The summed E-state index contributed by atoms with van der Waals surface area (Å²) in [6.45, 7) is 0.776. The number of benzene rings is 1. The van der Waals surface area contributed by atoms with Crippen LogP contribution < -0.4 is 21.9 Å². The van der Waals surface area contributed by atoms with E-state index in [4.69, 9.17) is 10.5 Å². The number of methoxy groups -OCH3 is 1. The fraction of sp³-hybridized carbons (Fsp3) is 0.250. The molecule has 8 nitrogen and oxygen atoms in total. The van der Waals surface area contributed by atoms with Crippen LogP contribution in [0.5, 0.6) is 0 Å². The number of nitrogens with zero attached hydrogens (tertiary/aromatic N) is 2. The summed E-state index contributed by atoms with van der Waals surface area (Å²) in [6, 6.07) is 12.7. The number of nitrogens with two attached hydrogens (primary N) is 1. The maximum Gasteiger partial charge on any atom is 0.330 e. The Labute approximate surface area is 185 Å². The van der Waals surface area contributed by atoms with E-state index in [0.717, 1.165) is 9.35 Å². The molecule has 2 aromatic heterocycles. The third-order valence-corrected chi connectivity index (χ3v) is 6.04. The molecule has 0 saturated heterocycles. The number of nitrogen functional groups attached to an aromatic ring is 1. The van der Waals surface area contributed by atoms with Crippen molar-refractivity contribution in [3.63, 3.8) is 0 Å². The van der Waals surface area contributed by atoms with E-state index in [0.29, 0.717) is 17.9 Å². The van der Waals surface area contributed by atoms with Crippen LogP contribution in [0.3, 0.4) is 0 Å². The van der Waals surface area contributed by atoms with Crippen molar-refractivity contribution in [2.45, 2.75) is 13.0 Å². The molecular weight excluding hydrogens is 472 g/mol. The molecule has 1 aromatic carbocycles. The maximum absolute atomic E-state index is 13.2. The van der Waals surface area contributed by atoms with E-state index < -0.39 is 11.2 Å². The lowest BCUT2D eigenvalue weighted by Crippen LogP contribution is -2.41. The van der Waals surface area contributed by atoms with Gasteiger partial charge in [-0.2, -0.15) is 0 Å². The van der Waals surface area contributed by atoms with E-state index in [-0.39, 0.29) is 30.5 Å². The molecule has 0 aliphatic carbocycles. The van der Waals surface area contributed by atoms with Crippen molar-refractivity contribution in [2.24, 2.45) is 0 Å². The Morgan fingerprint density at radius 1 is 1.23 bits per heavy atom. The molecule has 0 aliphatic heterocycles. The minimum atomic E-state index is -0.705. The van der Waals surface area contributed by atoms with Crippen molar-refractivity contribution < 1.29 is 9.53 Å². The molecule has 0 fully saturated rings. The van der Waals surface area contributed by atoms with E-state index >= 15 is 0 Å². The Morgan fingerprint density at radius 2 is 1.97 bits per heavy atom. The molecule has 3 rings (SSSR count). The Kier molecular flexibility index (Phi) is 7.24. The first-order valence-corrected chi connectivity index (χ1v) is 10.8. The summed E-state index contributed by atoms with van der Waals surface area (Å²) >= 11 is 4.60. The van der Waals surface area contributed by atoms with E-state index in [9.17, 15) is 14.4 Å². The quantitative estimate of drug-likeness (QED) is 0.469. The van der Waals surface area contributed by atoms with Crippen LogP contribution in [0.1, 0.15) is 21.7 Å². The molecule has 3 N–H and O–H groups in total. The number of amides is 1. The van der Waals surface area contributed by atoms with Crippen LogP contribution in [0.25, 0.3) is 0 Å². The molecule has 0 aliphatic rings. The number of ether oxygens (including phenoxy) is 1. The Balaban J connectivity index is 2.07. The number of halogens is 1. The number of rotatable bonds is 8. The molecule has 2 heterocycles. The fourth-order valence-corrected chi connectivity index (χ4v) is 4.34. The summed E-state index contributed by atoms with van der Waals surface area (Å²) < 4.78 is 7.13. The molecule has 0 unspecified atom stereocenters. The summed E-state index contributed by atoms with van der Waals surface area (Å²) in [5.41, 5.74) is 5.73. The van der Waals surface area contributed by atoms with Crippen molar-refractivity contribution >= 4 is 44.7 Å². The highest BCUT2D eigenvalue weighted by molar-refractivity contribution is 9.11. The van der Waals surface area contributed by atoms with E-state index in [2.05, 4.69) is 20.9 Å². The van der Waals surface area contributed by atoms with Gasteiger partial charge in [0.25, 0.3) is 11.5 Å². The van der Waals surface area contributed by atoms with Crippen molar-refractivity contribution in [3.8, 4) is 0 Å². The summed E-state index contributed by atoms with van der Waals surface area (Å²) in [6.07, 6.45) is 0.492. The van der Waals surface area contributed by atoms with Gasteiger partial charge in [-0.25, -0.2) is 4.79 Å². The molecule has 158 valence electrons. The van der Waals surface area contributed by atoms with Crippen molar-refractivity contribution in [2.75, 3.05) is 30.9 Å². The highest BCUT2D eigenvalue weighted by Gasteiger charge is 2.26. The Hall–Kier alpha value is -2.69. The van der Waals surface area contributed by atoms with Crippen LogP contribution in [0, 0.1) is 0 Å². The summed E-state index contributed by atoms with van der Waals surface area (Å²) in [7, 11) is 1.56. The van der Waals surface area contributed by atoms with Gasteiger partial charge in [0, 0.05) is 20.3 Å². The maximum atomic E-state index is 13.2. The first-order chi connectivity index (χ1) is 14.4. The van der Waals surface area contributed by atoms with Gasteiger partial charge in [0.2, 0.25) is 0 Å². The third-order valence-electron chi connectivity index (χ3n) is 4.43. The zero-order valence-corrected chi connectivity index (χ0v) is 18.7. The van der Waals surface area contributed by atoms with Crippen molar-refractivity contribution in [3.05, 3.63) is 77.5 Å². The molecule has 0 spiro atoms. The summed E-state index contributed by atoms with van der Waals surface area (Å²) in [5.74, 6) is -0.432. The van der Waals surface area contributed by atoms with Crippen LogP contribution in [0.15, 0.2) is 55.8 Å². The first kappa shape index (κ1) is 22.0. The van der Waals surface area contributed by atoms with Gasteiger partial charge < -0.3 is 10.5 Å². The number of nitrogens with one attached hydrogen (secondary N) is 1. The second-order valence-corrected chi connectivity index (χ2v) is 8.93. The predicted molar refractivity (Wildman–Crippen MR) is 121 cm³/mol. The number of aromatic nitrogens is 2. The Morgan fingerprint density at radius 3 is 2.60 bits per heavy atom. The van der Waals surface area contributed by atoms with Crippen molar-refractivity contribution in [1.82, 2.24) is 9.55 Å². The smallest absolute Gasteiger partial charge is 0.330 e. The lowest BCUT2D eigenvalue weighted by molar-refractivity contribution is 0.0987. The third kappa shape index (κ3) is 4.89. The molecule has 1 amide bonds.